The maximum atomic E-state index is 2.39. The molecule has 0 spiro atoms. The van der Waals surface area contributed by atoms with Crippen molar-refractivity contribution in [3.05, 3.63) is 0 Å². The first-order valence-corrected chi connectivity index (χ1v) is 7.57. The summed E-state index contributed by atoms with van der Waals surface area (Å²) < 4.78 is 0. The molecule has 0 aromatic heterocycles. The van der Waals surface area contributed by atoms with Crippen LogP contribution in [0.2, 0.25) is 0 Å². The zero-order valence-electron chi connectivity index (χ0n) is 14.1. The van der Waals surface area contributed by atoms with Crippen LogP contribution in [0.4, 0.5) is 0 Å². The van der Waals surface area contributed by atoms with E-state index in [1.165, 1.54) is 39.0 Å². The van der Waals surface area contributed by atoms with Gasteiger partial charge in [0.2, 0.25) is 0 Å². The molecule has 110 valence electrons. The van der Waals surface area contributed by atoms with Crippen LogP contribution in [0.3, 0.4) is 0 Å². The van der Waals surface area contributed by atoms with Crippen LogP contribution < -0.4 is 0 Å². The summed E-state index contributed by atoms with van der Waals surface area (Å²) in [5.41, 5.74) is 1.18. The molecular weight excluding hydrogens is 220 g/mol. The van der Waals surface area contributed by atoms with Crippen LogP contribution in [-0.4, -0.2) is 50.1 Å². The fourth-order valence-electron chi connectivity index (χ4n) is 2.76. The summed E-state index contributed by atoms with van der Waals surface area (Å²) in [5.74, 6) is 0. The second kappa shape index (κ2) is 7.49. The minimum absolute atomic E-state index is 0.592. The molecule has 2 aliphatic rings. The van der Waals surface area contributed by atoms with Crippen molar-refractivity contribution >= 4 is 0 Å². The average Bonchev–Trinajstić information content (AvgIpc) is 2.73. The van der Waals surface area contributed by atoms with Gasteiger partial charge in [0.05, 0.1) is 0 Å². The maximum absolute atomic E-state index is 2.39. The molecule has 0 amide bonds. The highest BCUT2D eigenvalue weighted by molar-refractivity contribution is 4.80. The van der Waals surface area contributed by atoms with Gasteiger partial charge in [-0.25, -0.2) is 0 Å². The van der Waals surface area contributed by atoms with E-state index in [0.29, 0.717) is 10.8 Å². The standard InChI is InChI=1S/2C7H15N.C2H6/c2*1-7(2)4-5-8(3)6-7;1-2/h2*4-6H2,1-3H3;1-2H3. The lowest BCUT2D eigenvalue weighted by Gasteiger charge is -2.15. The summed E-state index contributed by atoms with van der Waals surface area (Å²) in [7, 11) is 4.38. The fourth-order valence-corrected chi connectivity index (χ4v) is 2.76. The third-order valence-corrected chi connectivity index (χ3v) is 3.74. The summed E-state index contributed by atoms with van der Waals surface area (Å²) in [6.07, 6.45) is 2.73. The second-order valence-electron chi connectivity index (χ2n) is 7.30. The van der Waals surface area contributed by atoms with Gasteiger partial charge < -0.3 is 9.80 Å². The molecule has 0 aliphatic carbocycles. The Morgan fingerprint density at radius 2 is 0.944 bits per heavy atom. The van der Waals surface area contributed by atoms with Gasteiger partial charge in [0.1, 0.15) is 0 Å². The molecule has 0 atom stereocenters. The van der Waals surface area contributed by atoms with Gasteiger partial charge in [0, 0.05) is 13.1 Å². The van der Waals surface area contributed by atoms with Crippen LogP contribution in [0, 0.1) is 10.8 Å². The van der Waals surface area contributed by atoms with Crippen molar-refractivity contribution < 1.29 is 0 Å². The molecule has 2 rings (SSSR count). The molecule has 0 N–H and O–H groups in total. The number of rotatable bonds is 0. The minimum Gasteiger partial charge on any atom is -0.306 e. The molecular formula is C16H36N2. The molecule has 2 nitrogen and oxygen atoms in total. The second-order valence-corrected chi connectivity index (χ2v) is 7.30. The van der Waals surface area contributed by atoms with Crippen LogP contribution in [0.15, 0.2) is 0 Å². The Balaban J connectivity index is 0.000000283. The minimum atomic E-state index is 0.592. The predicted molar refractivity (Wildman–Crippen MR) is 83.1 cm³/mol. The highest BCUT2D eigenvalue weighted by Gasteiger charge is 2.26. The summed E-state index contributed by atoms with van der Waals surface area (Å²) in [5, 5.41) is 0. The Morgan fingerprint density at radius 1 is 0.667 bits per heavy atom. The van der Waals surface area contributed by atoms with Crippen LogP contribution in [0.1, 0.15) is 54.4 Å². The molecule has 18 heavy (non-hydrogen) atoms. The van der Waals surface area contributed by atoms with Gasteiger partial charge in [0.15, 0.2) is 0 Å². The maximum Gasteiger partial charge on any atom is 0.00301 e. The third kappa shape index (κ3) is 7.38. The molecule has 0 bridgehead atoms. The fraction of sp³-hybridized carbons (Fsp3) is 1.00. The molecule has 2 saturated heterocycles. The summed E-state index contributed by atoms with van der Waals surface area (Å²) in [6.45, 7) is 18.4. The van der Waals surface area contributed by atoms with Crippen LogP contribution in [0.5, 0.6) is 0 Å². The predicted octanol–water partition coefficient (Wildman–Crippen LogP) is 3.72. The lowest BCUT2D eigenvalue weighted by molar-refractivity contribution is 0.336. The lowest BCUT2D eigenvalue weighted by Crippen LogP contribution is -2.18. The van der Waals surface area contributed by atoms with Crippen molar-refractivity contribution in [2.24, 2.45) is 10.8 Å². The van der Waals surface area contributed by atoms with E-state index in [-0.39, 0.29) is 0 Å². The Kier molecular flexibility index (Phi) is 7.46. The van der Waals surface area contributed by atoms with E-state index in [2.05, 4.69) is 51.6 Å². The first-order valence-electron chi connectivity index (χ1n) is 7.57. The van der Waals surface area contributed by atoms with Crippen molar-refractivity contribution in [2.75, 3.05) is 40.3 Å². The zero-order valence-corrected chi connectivity index (χ0v) is 14.1. The molecule has 0 aromatic carbocycles. The quantitative estimate of drug-likeness (QED) is 0.652. The lowest BCUT2D eigenvalue weighted by atomic mass is 9.93. The normalized spacial score (nSPS) is 26.0. The summed E-state index contributed by atoms with van der Waals surface area (Å²) >= 11 is 0. The Labute approximate surface area is 116 Å². The van der Waals surface area contributed by atoms with E-state index >= 15 is 0 Å². The van der Waals surface area contributed by atoms with E-state index in [1.54, 1.807) is 0 Å². The van der Waals surface area contributed by atoms with Gasteiger partial charge in [-0.1, -0.05) is 41.5 Å². The molecule has 2 heteroatoms. The van der Waals surface area contributed by atoms with E-state index in [4.69, 9.17) is 0 Å². The number of nitrogens with zero attached hydrogens (tertiary/aromatic N) is 2. The number of hydrogen-bond acceptors (Lipinski definition) is 2. The molecule has 2 aliphatic heterocycles. The van der Waals surface area contributed by atoms with Crippen LogP contribution in [-0.2, 0) is 0 Å². The van der Waals surface area contributed by atoms with Crippen molar-refractivity contribution in [2.45, 2.75) is 54.4 Å². The largest absolute Gasteiger partial charge is 0.306 e. The highest BCUT2D eigenvalue weighted by Crippen LogP contribution is 2.27. The van der Waals surface area contributed by atoms with Gasteiger partial charge in [-0.2, -0.15) is 0 Å². The number of likely N-dealkylation sites (tertiary alicyclic amines) is 2. The Hall–Kier alpha value is -0.0800. The molecule has 0 aromatic rings. The van der Waals surface area contributed by atoms with Crippen molar-refractivity contribution in [1.82, 2.24) is 9.80 Å². The van der Waals surface area contributed by atoms with Gasteiger partial charge in [-0.05, 0) is 50.9 Å². The van der Waals surface area contributed by atoms with Gasteiger partial charge >= 0.3 is 0 Å². The summed E-state index contributed by atoms with van der Waals surface area (Å²) in [6, 6.07) is 0. The first-order chi connectivity index (χ1) is 8.20. The average molecular weight is 256 g/mol. The number of hydrogen-bond donors (Lipinski definition) is 0. The molecule has 0 saturated carbocycles. The van der Waals surface area contributed by atoms with E-state index in [9.17, 15) is 0 Å². The van der Waals surface area contributed by atoms with Gasteiger partial charge in [-0.15, -0.1) is 0 Å². The monoisotopic (exact) mass is 256 g/mol. The molecule has 0 unspecified atom stereocenters. The Bertz CT molecular complexity index is 197. The smallest absolute Gasteiger partial charge is 0.00301 e. The third-order valence-electron chi connectivity index (χ3n) is 3.74. The zero-order chi connectivity index (χ0) is 14.4. The van der Waals surface area contributed by atoms with E-state index in [0.717, 1.165) is 0 Å². The highest BCUT2D eigenvalue weighted by atomic mass is 15.1. The first kappa shape index (κ1) is 17.9. The summed E-state index contributed by atoms with van der Waals surface area (Å²) in [4.78, 5) is 4.78. The van der Waals surface area contributed by atoms with Crippen molar-refractivity contribution in [1.29, 1.82) is 0 Å². The SMILES string of the molecule is CC.CN1CCC(C)(C)C1.CN1CCC(C)(C)C1. The van der Waals surface area contributed by atoms with Crippen molar-refractivity contribution in [3.63, 3.8) is 0 Å². The van der Waals surface area contributed by atoms with Gasteiger partial charge in [-0.3, -0.25) is 0 Å². The van der Waals surface area contributed by atoms with Crippen LogP contribution >= 0.6 is 0 Å². The van der Waals surface area contributed by atoms with E-state index in [1.807, 2.05) is 13.8 Å². The molecule has 0 radical (unpaired) electrons. The van der Waals surface area contributed by atoms with Crippen LogP contribution in [0.25, 0.3) is 0 Å². The van der Waals surface area contributed by atoms with Gasteiger partial charge in [0.25, 0.3) is 0 Å². The van der Waals surface area contributed by atoms with E-state index < -0.39 is 0 Å². The van der Waals surface area contributed by atoms with Crippen molar-refractivity contribution in [3.8, 4) is 0 Å². The molecule has 2 heterocycles. The topological polar surface area (TPSA) is 6.48 Å². The molecule has 2 fully saturated rings. The Morgan fingerprint density at radius 3 is 1.00 bits per heavy atom.